The molecule has 0 bridgehead atoms. The number of ether oxygens (including phenoxy) is 2. The van der Waals surface area contributed by atoms with E-state index in [4.69, 9.17) is 9.84 Å². The van der Waals surface area contributed by atoms with Crippen molar-refractivity contribution >= 4 is 15.9 Å². The first-order valence-corrected chi connectivity index (χ1v) is 5.45. The summed E-state index contributed by atoms with van der Waals surface area (Å²) in [6.07, 6.45) is -4.66. The van der Waals surface area contributed by atoms with E-state index in [1.54, 1.807) is 18.2 Å². The van der Waals surface area contributed by atoms with Gasteiger partial charge in [0.25, 0.3) is 0 Å². The normalized spacial score (nSPS) is 11.6. The molecule has 0 saturated carbocycles. The molecular weight excluding hydrogens is 305 g/mol. The van der Waals surface area contributed by atoms with E-state index in [1.807, 2.05) is 0 Å². The molecule has 0 aromatic heterocycles. The fourth-order valence-electron chi connectivity index (χ4n) is 1.14. The summed E-state index contributed by atoms with van der Waals surface area (Å²) in [5.41, 5.74) is 0.492. The Balaban J connectivity index is 2.52. The monoisotopic (exact) mass is 314 g/mol. The average Bonchev–Trinajstić information content (AvgIpc) is 2.24. The van der Waals surface area contributed by atoms with E-state index in [0.29, 0.717) is 15.8 Å². The lowest BCUT2D eigenvalue weighted by atomic mass is 10.2. The summed E-state index contributed by atoms with van der Waals surface area (Å²) >= 11 is 3.18. The average molecular weight is 315 g/mol. The molecule has 0 fully saturated rings. The third-order valence-corrected chi connectivity index (χ3v) is 2.44. The van der Waals surface area contributed by atoms with Crippen molar-refractivity contribution in [2.24, 2.45) is 0 Å². The van der Waals surface area contributed by atoms with Crippen molar-refractivity contribution < 1.29 is 27.8 Å². The van der Waals surface area contributed by atoms with Crippen LogP contribution in [0, 0.1) is 0 Å². The highest BCUT2D eigenvalue weighted by Crippen LogP contribution is 2.29. The first kappa shape index (κ1) is 14.3. The highest BCUT2D eigenvalue weighted by atomic mass is 79.9. The maximum Gasteiger partial charge on any atom is 0.522 e. The minimum absolute atomic E-state index is 0.255. The van der Waals surface area contributed by atoms with Gasteiger partial charge in [0.05, 0.1) is 17.7 Å². The van der Waals surface area contributed by atoms with Gasteiger partial charge in [-0.15, -0.1) is 13.2 Å². The highest BCUT2D eigenvalue weighted by Gasteiger charge is 2.28. The molecule has 0 aliphatic heterocycles. The topological polar surface area (TPSA) is 38.7 Å². The van der Waals surface area contributed by atoms with E-state index in [-0.39, 0.29) is 13.2 Å². The van der Waals surface area contributed by atoms with Gasteiger partial charge in [-0.2, -0.15) is 0 Å². The lowest BCUT2D eigenvalue weighted by molar-refractivity contribution is -0.325. The second-order valence-corrected chi connectivity index (χ2v) is 3.88. The molecule has 0 atom stereocenters. The van der Waals surface area contributed by atoms with Crippen molar-refractivity contribution in [3.05, 3.63) is 28.2 Å². The molecular formula is C10H10BrF3O3. The molecule has 1 rings (SSSR count). The molecule has 0 unspecified atom stereocenters. The van der Waals surface area contributed by atoms with Crippen LogP contribution < -0.4 is 4.74 Å². The Morgan fingerprint density at radius 1 is 1.24 bits per heavy atom. The minimum Gasteiger partial charge on any atom is -0.490 e. The summed E-state index contributed by atoms with van der Waals surface area (Å²) in [7, 11) is 0. The molecule has 1 aromatic rings. The number of hydrogen-bond acceptors (Lipinski definition) is 3. The molecule has 0 radical (unpaired) electrons. The first-order valence-electron chi connectivity index (χ1n) is 4.66. The van der Waals surface area contributed by atoms with Gasteiger partial charge in [0.2, 0.25) is 0 Å². The molecule has 1 aromatic carbocycles. The van der Waals surface area contributed by atoms with Gasteiger partial charge in [0, 0.05) is 5.56 Å². The predicted octanol–water partition coefficient (Wildman–Crippen LogP) is 2.86. The maximum atomic E-state index is 11.7. The van der Waals surface area contributed by atoms with Crippen LogP contribution in [0.5, 0.6) is 5.75 Å². The minimum atomic E-state index is -4.66. The molecule has 3 nitrogen and oxygen atoms in total. The van der Waals surface area contributed by atoms with E-state index in [9.17, 15) is 13.2 Å². The smallest absolute Gasteiger partial charge is 0.490 e. The Morgan fingerprint density at radius 2 is 1.94 bits per heavy atom. The van der Waals surface area contributed by atoms with Crippen molar-refractivity contribution in [1.82, 2.24) is 0 Å². The predicted molar refractivity (Wildman–Crippen MR) is 57.6 cm³/mol. The fraction of sp³-hybridized carbons (Fsp3) is 0.400. The van der Waals surface area contributed by atoms with E-state index in [1.165, 1.54) is 0 Å². The van der Waals surface area contributed by atoms with E-state index in [2.05, 4.69) is 20.7 Å². The SMILES string of the molecule is OCc1cccc(Br)c1OCCOC(F)(F)F. The van der Waals surface area contributed by atoms with Gasteiger partial charge in [-0.3, -0.25) is 4.74 Å². The summed E-state index contributed by atoms with van der Waals surface area (Å²) < 4.78 is 44.3. The second-order valence-electron chi connectivity index (χ2n) is 3.03. The molecule has 0 saturated heterocycles. The molecule has 96 valence electrons. The van der Waals surface area contributed by atoms with Gasteiger partial charge >= 0.3 is 6.36 Å². The Hall–Kier alpha value is -0.790. The van der Waals surface area contributed by atoms with Crippen LogP contribution in [0.2, 0.25) is 0 Å². The molecule has 17 heavy (non-hydrogen) atoms. The van der Waals surface area contributed by atoms with Crippen molar-refractivity contribution in [3.8, 4) is 5.75 Å². The zero-order valence-corrected chi connectivity index (χ0v) is 10.2. The van der Waals surface area contributed by atoms with Crippen molar-refractivity contribution in [2.75, 3.05) is 13.2 Å². The summed E-state index contributed by atoms with van der Waals surface area (Å²) in [5.74, 6) is 0.320. The second kappa shape index (κ2) is 6.23. The maximum absolute atomic E-state index is 11.7. The number of aliphatic hydroxyl groups is 1. The van der Waals surface area contributed by atoms with Crippen molar-refractivity contribution in [2.45, 2.75) is 13.0 Å². The Kier molecular flexibility index (Phi) is 5.23. The third kappa shape index (κ3) is 4.93. The quantitative estimate of drug-likeness (QED) is 0.849. The van der Waals surface area contributed by atoms with Crippen molar-refractivity contribution in [1.29, 1.82) is 0 Å². The molecule has 0 amide bonds. The standard InChI is InChI=1S/C10H10BrF3O3/c11-8-3-1-2-7(6-15)9(8)16-4-5-17-10(12,13)14/h1-3,15H,4-6H2. The van der Waals surface area contributed by atoms with Crippen LogP contribution in [0.15, 0.2) is 22.7 Å². The summed E-state index contributed by atoms with van der Waals surface area (Å²) in [5, 5.41) is 9.02. The van der Waals surface area contributed by atoms with E-state index < -0.39 is 13.0 Å². The molecule has 1 N–H and O–H groups in total. The number of para-hydroxylation sites is 1. The van der Waals surface area contributed by atoms with E-state index in [0.717, 1.165) is 0 Å². The van der Waals surface area contributed by atoms with Gasteiger partial charge in [0.1, 0.15) is 12.4 Å². The van der Waals surface area contributed by atoms with Crippen LogP contribution >= 0.6 is 15.9 Å². The highest BCUT2D eigenvalue weighted by molar-refractivity contribution is 9.10. The third-order valence-electron chi connectivity index (χ3n) is 1.81. The van der Waals surface area contributed by atoms with Crippen LogP contribution in [0.4, 0.5) is 13.2 Å². The van der Waals surface area contributed by atoms with Crippen molar-refractivity contribution in [3.63, 3.8) is 0 Å². The van der Waals surface area contributed by atoms with Crippen LogP contribution in [0.25, 0.3) is 0 Å². The largest absolute Gasteiger partial charge is 0.522 e. The van der Waals surface area contributed by atoms with Gasteiger partial charge in [0.15, 0.2) is 0 Å². The summed E-state index contributed by atoms with van der Waals surface area (Å²) in [6, 6.07) is 4.97. The molecule has 0 aliphatic carbocycles. The van der Waals surface area contributed by atoms with Crippen LogP contribution in [-0.2, 0) is 11.3 Å². The number of rotatable bonds is 5. The van der Waals surface area contributed by atoms with Gasteiger partial charge in [-0.1, -0.05) is 12.1 Å². The molecule has 0 heterocycles. The zero-order chi connectivity index (χ0) is 12.9. The fourth-order valence-corrected chi connectivity index (χ4v) is 1.66. The zero-order valence-electron chi connectivity index (χ0n) is 8.63. The van der Waals surface area contributed by atoms with Gasteiger partial charge < -0.3 is 9.84 Å². The Labute approximate surface area is 104 Å². The van der Waals surface area contributed by atoms with E-state index >= 15 is 0 Å². The number of halogens is 4. The van der Waals surface area contributed by atoms with Gasteiger partial charge in [-0.25, -0.2) is 0 Å². The van der Waals surface area contributed by atoms with Crippen LogP contribution in [0.1, 0.15) is 5.56 Å². The number of hydrogen-bond donors (Lipinski definition) is 1. The number of benzene rings is 1. The molecule has 7 heteroatoms. The summed E-state index contributed by atoms with van der Waals surface area (Å²) in [4.78, 5) is 0. The lowest BCUT2D eigenvalue weighted by Gasteiger charge is -2.12. The number of alkyl halides is 3. The lowest BCUT2D eigenvalue weighted by Crippen LogP contribution is -2.18. The summed E-state index contributed by atoms with van der Waals surface area (Å²) in [6.45, 7) is -1.11. The Morgan fingerprint density at radius 3 is 2.53 bits per heavy atom. The molecule has 0 spiro atoms. The number of aliphatic hydroxyl groups excluding tert-OH is 1. The van der Waals surface area contributed by atoms with Crippen LogP contribution in [0.3, 0.4) is 0 Å². The first-order chi connectivity index (χ1) is 7.94. The molecule has 0 aliphatic rings. The Bertz CT molecular complexity index is 368. The van der Waals surface area contributed by atoms with Gasteiger partial charge in [-0.05, 0) is 22.0 Å². The van der Waals surface area contributed by atoms with Crippen LogP contribution in [-0.4, -0.2) is 24.7 Å².